The third kappa shape index (κ3) is 4.97. The topological polar surface area (TPSA) is 64.5 Å². The minimum atomic E-state index is -0.496. The lowest BCUT2D eigenvalue weighted by molar-refractivity contribution is -0.668. The van der Waals surface area contributed by atoms with Crippen molar-refractivity contribution in [3.63, 3.8) is 0 Å². The monoisotopic (exact) mass is 386 g/mol. The normalized spacial score (nSPS) is 16.5. The molecular formula is C23H32NO4+. The van der Waals surface area contributed by atoms with Crippen LogP contribution in [0.3, 0.4) is 0 Å². The number of hydrogen-bond donors (Lipinski definition) is 2. The van der Waals surface area contributed by atoms with Crippen LogP contribution >= 0.6 is 0 Å². The van der Waals surface area contributed by atoms with Crippen molar-refractivity contribution in [1.29, 1.82) is 0 Å². The number of quaternary nitrogens is 1. The fourth-order valence-corrected chi connectivity index (χ4v) is 4.16. The molecule has 1 fully saturated rings. The summed E-state index contributed by atoms with van der Waals surface area (Å²) < 4.78 is 16.5. The van der Waals surface area contributed by atoms with E-state index < -0.39 is 6.10 Å². The van der Waals surface area contributed by atoms with Crippen molar-refractivity contribution in [3.8, 4) is 17.2 Å². The molecule has 3 N–H and O–H groups in total. The van der Waals surface area contributed by atoms with Gasteiger partial charge in [-0.2, -0.15) is 0 Å². The van der Waals surface area contributed by atoms with E-state index in [-0.39, 0.29) is 5.41 Å². The lowest BCUT2D eigenvalue weighted by Crippen LogP contribution is -2.89. The van der Waals surface area contributed by atoms with Crippen LogP contribution in [0.2, 0.25) is 0 Å². The second-order valence-electron chi connectivity index (χ2n) is 7.56. The first kappa shape index (κ1) is 20.5. The van der Waals surface area contributed by atoms with E-state index in [9.17, 15) is 5.11 Å². The molecule has 1 saturated carbocycles. The summed E-state index contributed by atoms with van der Waals surface area (Å²) in [6.07, 6.45) is 4.30. The zero-order chi connectivity index (χ0) is 19.8. The number of rotatable bonds is 10. The number of benzene rings is 2. The van der Waals surface area contributed by atoms with Gasteiger partial charge in [-0.25, -0.2) is 0 Å². The summed E-state index contributed by atoms with van der Waals surface area (Å²) >= 11 is 0. The SMILES string of the molecule is COc1ccc(C2(C[NH2+]C[C@@H](O)COc3ccccc3)CCCC2)cc1OC. The van der Waals surface area contributed by atoms with Crippen molar-refractivity contribution >= 4 is 0 Å². The van der Waals surface area contributed by atoms with Crippen LogP contribution in [0.25, 0.3) is 0 Å². The molecule has 0 saturated heterocycles. The van der Waals surface area contributed by atoms with Gasteiger partial charge in [0.2, 0.25) is 0 Å². The molecule has 5 nitrogen and oxygen atoms in total. The van der Waals surface area contributed by atoms with Crippen LogP contribution < -0.4 is 19.5 Å². The van der Waals surface area contributed by atoms with E-state index in [0.29, 0.717) is 13.2 Å². The molecule has 0 radical (unpaired) electrons. The Morgan fingerprint density at radius 3 is 2.39 bits per heavy atom. The van der Waals surface area contributed by atoms with Crippen LogP contribution in [0.1, 0.15) is 31.2 Å². The van der Waals surface area contributed by atoms with E-state index in [4.69, 9.17) is 14.2 Å². The molecule has 2 aromatic carbocycles. The number of aliphatic hydroxyl groups excluding tert-OH is 1. The Bertz CT molecular complexity index is 729. The first-order chi connectivity index (χ1) is 13.7. The van der Waals surface area contributed by atoms with Crippen molar-refractivity contribution in [1.82, 2.24) is 0 Å². The second kappa shape index (κ2) is 9.80. The molecule has 2 aromatic rings. The molecule has 1 aliphatic carbocycles. The van der Waals surface area contributed by atoms with E-state index >= 15 is 0 Å². The van der Waals surface area contributed by atoms with Crippen LogP contribution in [0.4, 0.5) is 0 Å². The minimum absolute atomic E-state index is 0.125. The maximum absolute atomic E-state index is 10.3. The van der Waals surface area contributed by atoms with Gasteiger partial charge in [0, 0.05) is 5.41 Å². The van der Waals surface area contributed by atoms with Gasteiger partial charge in [-0.05, 0) is 42.7 Å². The third-order valence-electron chi connectivity index (χ3n) is 5.72. The molecule has 0 bridgehead atoms. The number of hydrogen-bond acceptors (Lipinski definition) is 4. The summed E-state index contributed by atoms with van der Waals surface area (Å²) in [6.45, 7) is 1.89. The van der Waals surface area contributed by atoms with Gasteiger partial charge in [-0.15, -0.1) is 0 Å². The fourth-order valence-electron chi connectivity index (χ4n) is 4.16. The Morgan fingerprint density at radius 2 is 1.71 bits per heavy atom. The molecule has 0 amide bonds. The summed E-state index contributed by atoms with van der Waals surface area (Å²) in [6, 6.07) is 15.9. The predicted molar refractivity (Wildman–Crippen MR) is 109 cm³/mol. The highest BCUT2D eigenvalue weighted by Gasteiger charge is 2.38. The molecule has 0 aliphatic heterocycles. The van der Waals surface area contributed by atoms with E-state index in [1.165, 1.54) is 18.4 Å². The van der Waals surface area contributed by atoms with Crippen molar-refractivity contribution in [2.24, 2.45) is 0 Å². The molecule has 152 valence electrons. The summed E-state index contributed by atoms with van der Waals surface area (Å²) in [5.41, 5.74) is 1.42. The van der Waals surface area contributed by atoms with Crippen molar-refractivity contribution in [2.45, 2.75) is 37.2 Å². The van der Waals surface area contributed by atoms with Gasteiger partial charge in [0.1, 0.15) is 25.0 Å². The minimum Gasteiger partial charge on any atom is -0.493 e. The van der Waals surface area contributed by atoms with Crippen molar-refractivity contribution in [3.05, 3.63) is 54.1 Å². The molecule has 0 heterocycles. The molecule has 28 heavy (non-hydrogen) atoms. The van der Waals surface area contributed by atoms with Gasteiger partial charge in [0.15, 0.2) is 11.5 Å². The lowest BCUT2D eigenvalue weighted by Gasteiger charge is -2.29. The van der Waals surface area contributed by atoms with Gasteiger partial charge >= 0.3 is 0 Å². The average molecular weight is 387 g/mol. The number of aliphatic hydroxyl groups is 1. The molecular weight excluding hydrogens is 354 g/mol. The Hall–Kier alpha value is -2.24. The maximum Gasteiger partial charge on any atom is 0.161 e. The van der Waals surface area contributed by atoms with Crippen LogP contribution in [0.5, 0.6) is 17.2 Å². The molecule has 0 unspecified atom stereocenters. The average Bonchev–Trinajstić information content (AvgIpc) is 3.22. The van der Waals surface area contributed by atoms with Gasteiger partial charge < -0.3 is 24.6 Å². The summed E-state index contributed by atoms with van der Waals surface area (Å²) in [5, 5.41) is 12.5. The quantitative estimate of drug-likeness (QED) is 0.659. The highest BCUT2D eigenvalue weighted by molar-refractivity contribution is 5.45. The highest BCUT2D eigenvalue weighted by Crippen LogP contribution is 2.42. The fraction of sp³-hybridized carbons (Fsp3) is 0.478. The first-order valence-electron chi connectivity index (χ1n) is 10.1. The molecule has 0 spiro atoms. The third-order valence-corrected chi connectivity index (χ3v) is 5.72. The second-order valence-corrected chi connectivity index (χ2v) is 7.56. The highest BCUT2D eigenvalue weighted by atomic mass is 16.5. The van der Waals surface area contributed by atoms with E-state index in [1.807, 2.05) is 36.4 Å². The van der Waals surface area contributed by atoms with E-state index in [2.05, 4.69) is 17.4 Å². The Balaban J connectivity index is 1.57. The standard InChI is InChI=1S/C23H31NO4/c1-26-21-11-10-18(14-22(21)27-2)23(12-6-7-13-23)17-24-15-19(25)16-28-20-8-4-3-5-9-20/h3-5,8-11,14,19,24-25H,6-7,12-13,15-17H2,1-2H3/p+1/t19-/m1/s1. The summed E-state index contributed by atoms with van der Waals surface area (Å²) in [7, 11) is 3.34. The lowest BCUT2D eigenvalue weighted by atomic mass is 9.78. The number of para-hydroxylation sites is 1. The predicted octanol–water partition coefficient (Wildman–Crippen LogP) is 2.52. The van der Waals surface area contributed by atoms with Crippen LogP contribution in [-0.2, 0) is 5.41 Å². The molecule has 1 aliphatic rings. The Kier molecular flexibility index (Phi) is 7.18. The molecule has 0 aromatic heterocycles. The first-order valence-corrected chi connectivity index (χ1v) is 10.1. The van der Waals surface area contributed by atoms with Crippen molar-refractivity contribution in [2.75, 3.05) is 33.9 Å². The zero-order valence-electron chi connectivity index (χ0n) is 16.9. The van der Waals surface area contributed by atoms with Gasteiger partial charge in [-0.1, -0.05) is 37.1 Å². The summed E-state index contributed by atoms with van der Waals surface area (Å²) in [5.74, 6) is 2.33. The summed E-state index contributed by atoms with van der Waals surface area (Å²) in [4.78, 5) is 0. The number of ether oxygens (including phenoxy) is 3. The number of methoxy groups -OCH3 is 2. The van der Waals surface area contributed by atoms with E-state index in [1.54, 1.807) is 14.2 Å². The maximum atomic E-state index is 10.3. The van der Waals surface area contributed by atoms with Crippen LogP contribution in [-0.4, -0.2) is 45.1 Å². The van der Waals surface area contributed by atoms with Gasteiger partial charge in [-0.3, -0.25) is 0 Å². The van der Waals surface area contributed by atoms with Gasteiger partial charge in [0.05, 0.1) is 20.8 Å². The van der Waals surface area contributed by atoms with Crippen LogP contribution in [0.15, 0.2) is 48.5 Å². The van der Waals surface area contributed by atoms with Gasteiger partial charge in [0.25, 0.3) is 0 Å². The molecule has 1 atom stereocenters. The molecule has 5 heteroatoms. The number of nitrogens with two attached hydrogens (primary N) is 1. The Labute approximate surface area is 167 Å². The van der Waals surface area contributed by atoms with E-state index in [0.717, 1.165) is 36.6 Å². The zero-order valence-corrected chi connectivity index (χ0v) is 16.9. The molecule has 3 rings (SSSR count). The van der Waals surface area contributed by atoms with Crippen molar-refractivity contribution < 1.29 is 24.6 Å². The van der Waals surface area contributed by atoms with Crippen LogP contribution in [0, 0.1) is 0 Å². The largest absolute Gasteiger partial charge is 0.493 e. The smallest absolute Gasteiger partial charge is 0.161 e. The Morgan fingerprint density at radius 1 is 1.00 bits per heavy atom.